The van der Waals surface area contributed by atoms with E-state index < -0.39 is 47.3 Å². The molecule has 5 rings (SSSR count). The van der Waals surface area contributed by atoms with Gasteiger partial charge in [0, 0.05) is 34.3 Å². The molecule has 2 unspecified atom stereocenters. The number of hydrogen-bond donors (Lipinski definition) is 4. The average molecular weight is 957 g/mol. The number of carbonyl (C=O) groups excluding carboxylic acids is 6. The number of carbonyl (C=O) groups is 6. The van der Waals surface area contributed by atoms with Gasteiger partial charge < -0.3 is 21.3 Å². The molecule has 318 valence electrons. The topological polar surface area (TPSA) is 200 Å². The van der Waals surface area contributed by atoms with Gasteiger partial charge in [-0.3, -0.25) is 28.8 Å². The van der Waals surface area contributed by atoms with E-state index in [-0.39, 0.29) is 65.7 Å². The van der Waals surface area contributed by atoms with E-state index >= 15 is 0 Å². The minimum absolute atomic E-state index is 0.00193. The lowest BCUT2D eigenvalue weighted by atomic mass is 10.1. The third kappa shape index (κ3) is 12.2. The van der Waals surface area contributed by atoms with Crippen molar-refractivity contribution in [3.05, 3.63) is 139 Å². The zero-order valence-corrected chi connectivity index (χ0v) is 36.8. The fourth-order valence-corrected chi connectivity index (χ4v) is 6.58. The quantitative estimate of drug-likeness (QED) is 0.0431. The number of alkyl halides is 2. The molecule has 5 aromatic rings. The minimum Gasteiger partial charge on any atom is -0.322 e. The second kappa shape index (κ2) is 21.9. The van der Waals surface area contributed by atoms with Crippen LogP contribution in [-0.4, -0.2) is 47.3 Å². The van der Waals surface area contributed by atoms with Crippen LogP contribution in [0, 0.1) is 0 Å². The van der Waals surface area contributed by atoms with Crippen LogP contribution in [0.15, 0.2) is 118 Å². The number of nitrogens with zero attached hydrogens (tertiary/aromatic N) is 4. The summed E-state index contributed by atoms with van der Waals surface area (Å²) in [6, 6.07) is 21.4. The fraction of sp³-hybridized carbons (Fsp3) is 0.143. The number of Topliss-reactive ketones (excluding diaryl/α,β-unsaturated/α-hetero) is 2. The van der Waals surface area contributed by atoms with E-state index in [4.69, 9.17) is 69.6 Å². The van der Waals surface area contributed by atoms with Crippen molar-refractivity contribution in [1.29, 1.82) is 0 Å². The van der Waals surface area contributed by atoms with Gasteiger partial charge in [-0.05, 0) is 85.6 Å². The molecule has 0 aliphatic carbocycles. The molecule has 0 heterocycles. The Bertz CT molecular complexity index is 2460. The Morgan fingerprint density at radius 3 is 1.21 bits per heavy atom. The summed E-state index contributed by atoms with van der Waals surface area (Å²) in [5.74, 6) is -3.95. The van der Waals surface area contributed by atoms with Crippen LogP contribution in [0.25, 0.3) is 0 Å². The number of amides is 4. The van der Waals surface area contributed by atoms with Crippen LogP contribution >= 0.6 is 69.6 Å². The number of ketones is 2. The van der Waals surface area contributed by atoms with Gasteiger partial charge >= 0.3 is 0 Å². The van der Waals surface area contributed by atoms with Gasteiger partial charge in [-0.1, -0.05) is 82.8 Å². The summed E-state index contributed by atoms with van der Waals surface area (Å²) in [5.41, 5.74) is 2.60. The number of hydrogen-bond acceptors (Lipinski definition) is 10. The zero-order chi connectivity index (χ0) is 45.1. The lowest BCUT2D eigenvalue weighted by Gasteiger charge is -2.15. The molecule has 0 bridgehead atoms. The summed E-state index contributed by atoms with van der Waals surface area (Å²) >= 11 is 37.5. The molecule has 0 spiro atoms. The minimum atomic E-state index is -1.69. The van der Waals surface area contributed by atoms with Gasteiger partial charge in [0.1, 0.15) is 11.4 Å². The Balaban J connectivity index is 1.27. The monoisotopic (exact) mass is 954 g/mol. The van der Waals surface area contributed by atoms with E-state index in [0.29, 0.717) is 22.5 Å². The van der Waals surface area contributed by atoms with Crippen LogP contribution in [0.2, 0.25) is 20.1 Å². The van der Waals surface area contributed by atoms with E-state index in [1.54, 1.807) is 48.5 Å². The average Bonchev–Trinajstić information content (AvgIpc) is 3.24. The molecular weight excluding hydrogens is 925 g/mol. The predicted molar refractivity (Wildman–Crippen MR) is 242 cm³/mol. The molecule has 4 N–H and O–H groups in total. The van der Waals surface area contributed by atoms with E-state index in [9.17, 15) is 28.8 Å². The first-order valence-corrected chi connectivity index (χ1v) is 20.6. The maximum absolute atomic E-state index is 13.3. The van der Waals surface area contributed by atoms with E-state index in [1.165, 1.54) is 48.5 Å². The maximum atomic E-state index is 13.3. The number of nitrogens with one attached hydrogen (secondary N) is 4. The van der Waals surface area contributed by atoms with Gasteiger partial charge in [-0.25, -0.2) is 0 Å². The Kier molecular flexibility index (Phi) is 16.7. The predicted octanol–water partition coefficient (Wildman–Crippen LogP) is 11.6. The third-order valence-electron chi connectivity index (χ3n) is 8.64. The summed E-state index contributed by atoms with van der Waals surface area (Å²) < 4.78 is 0. The Morgan fingerprint density at radius 2 is 0.855 bits per heavy atom. The molecule has 4 amide bonds. The smallest absolute Gasteiger partial charge is 0.258 e. The van der Waals surface area contributed by atoms with E-state index in [2.05, 4.69) is 41.7 Å². The number of anilines is 4. The van der Waals surface area contributed by atoms with Crippen molar-refractivity contribution in [1.82, 2.24) is 0 Å². The molecule has 14 nitrogen and oxygen atoms in total. The second-order valence-corrected chi connectivity index (χ2v) is 15.2. The van der Waals surface area contributed by atoms with Gasteiger partial charge in [0.25, 0.3) is 23.6 Å². The standard InChI is InChI=1S/C42H32Cl6N8O6/c1-21(57)37(55-53-35-15-23(11-13-27(35)45)39(59)49-31-9-5-3-7-25(31)19-43)41(61)51-33-17-30(48)34(18-29(33)47)52-42(62)38(22(2)58)56-54-36-16-24(12-14-28(36)46)40(60)50-32-10-6-4-8-26(32)20-44/h3-18,37-38H,19-20H2,1-2H3,(H,49,59)(H,50,60)(H,51,61)(H,52,62). The summed E-state index contributed by atoms with van der Waals surface area (Å²) in [7, 11) is 0. The summed E-state index contributed by atoms with van der Waals surface area (Å²) in [6.45, 7) is 2.23. The molecule has 62 heavy (non-hydrogen) atoms. The Morgan fingerprint density at radius 1 is 0.484 bits per heavy atom. The number of para-hydroxylation sites is 2. The van der Waals surface area contributed by atoms with E-state index in [0.717, 1.165) is 13.8 Å². The van der Waals surface area contributed by atoms with Gasteiger partial charge in [0.15, 0.2) is 11.6 Å². The lowest BCUT2D eigenvalue weighted by Crippen LogP contribution is -2.32. The summed E-state index contributed by atoms with van der Waals surface area (Å²) in [4.78, 5) is 77.8. The summed E-state index contributed by atoms with van der Waals surface area (Å²) in [6.07, 6.45) is 0. The number of azo groups is 2. The molecule has 2 atom stereocenters. The molecule has 0 aromatic heterocycles. The van der Waals surface area contributed by atoms with Crippen molar-refractivity contribution < 1.29 is 28.8 Å². The van der Waals surface area contributed by atoms with Crippen molar-refractivity contribution in [3.63, 3.8) is 0 Å². The normalized spacial score (nSPS) is 12.1. The first-order valence-electron chi connectivity index (χ1n) is 18.0. The highest BCUT2D eigenvalue weighted by atomic mass is 35.5. The molecular formula is C42H32Cl6N8O6. The van der Waals surface area contributed by atoms with Gasteiger partial charge in [-0.15, -0.1) is 23.2 Å². The highest BCUT2D eigenvalue weighted by Crippen LogP contribution is 2.34. The van der Waals surface area contributed by atoms with Gasteiger partial charge in [0.2, 0.25) is 12.1 Å². The number of benzene rings is 5. The van der Waals surface area contributed by atoms with E-state index in [1.807, 2.05) is 0 Å². The molecule has 0 saturated heterocycles. The van der Waals surface area contributed by atoms with Crippen molar-refractivity contribution in [2.24, 2.45) is 20.5 Å². The number of rotatable bonds is 16. The highest BCUT2D eigenvalue weighted by Gasteiger charge is 2.27. The molecule has 5 aromatic carbocycles. The van der Waals surface area contributed by atoms with Crippen molar-refractivity contribution >= 4 is 139 Å². The first kappa shape index (κ1) is 47.3. The zero-order valence-electron chi connectivity index (χ0n) is 32.3. The fourth-order valence-electron chi connectivity index (χ4n) is 5.38. The summed E-state index contributed by atoms with van der Waals surface area (Å²) in [5, 5.41) is 26.2. The van der Waals surface area contributed by atoms with Crippen LogP contribution in [0.5, 0.6) is 0 Å². The molecule has 0 radical (unpaired) electrons. The van der Waals surface area contributed by atoms with Crippen LogP contribution in [0.3, 0.4) is 0 Å². The molecule has 0 saturated carbocycles. The Labute approximate surface area is 384 Å². The molecule has 0 aliphatic rings. The second-order valence-electron chi connectivity index (χ2n) is 13.1. The van der Waals surface area contributed by atoms with Crippen molar-refractivity contribution in [3.8, 4) is 0 Å². The van der Waals surface area contributed by atoms with Gasteiger partial charge in [0.05, 0.1) is 31.5 Å². The Hall–Kier alpha value is -5.74. The third-order valence-corrected chi connectivity index (χ3v) is 10.5. The SMILES string of the molecule is CC(=O)C(N=Nc1cc(C(=O)Nc2ccccc2CCl)ccc1Cl)C(=O)Nc1cc(Cl)c(NC(=O)C(N=Nc2cc(C(=O)Nc3ccccc3CCl)ccc2Cl)C(C)=O)cc1Cl. The van der Waals surface area contributed by atoms with Crippen LogP contribution < -0.4 is 21.3 Å². The number of halogens is 6. The van der Waals surface area contributed by atoms with Crippen LogP contribution in [-0.2, 0) is 30.9 Å². The van der Waals surface area contributed by atoms with Crippen molar-refractivity contribution in [2.75, 3.05) is 21.3 Å². The van der Waals surface area contributed by atoms with Crippen LogP contribution in [0.1, 0.15) is 45.7 Å². The van der Waals surface area contributed by atoms with Crippen molar-refractivity contribution in [2.45, 2.75) is 37.7 Å². The first-order chi connectivity index (χ1) is 29.6. The molecule has 0 aliphatic heterocycles. The molecule has 20 heteroatoms. The lowest BCUT2D eigenvalue weighted by molar-refractivity contribution is -0.127. The van der Waals surface area contributed by atoms with Gasteiger partial charge in [-0.2, -0.15) is 20.5 Å². The molecule has 0 fully saturated rings. The largest absolute Gasteiger partial charge is 0.322 e. The maximum Gasteiger partial charge on any atom is 0.258 e. The van der Waals surface area contributed by atoms with Crippen LogP contribution in [0.4, 0.5) is 34.1 Å². The highest BCUT2D eigenvalue weighted by molar-refractivity contribution is 6.38.